The van der Waals surface area contributed by atoms with E-state index in [1.807, 2.05) is 12.1 Å². The third kappa shape index (κ3) is 3.09. The van der Waals surface area contributed by atoms with Crippen LogP contribution in [0, 0.1) is 0 Å². The second-order valence-corrected chi connectivity index (χ2v) is 11.9. The summed E-state index contributed by atoms with van der Waals surface area (Å²) < 4.78 is 40.2. The summed E-state index contributed by atoms with van der Waals surface area (Å²) in [5.41, 5.74) is -0.275. The van der Waals surface area contributed by atoms with Crippen LogP contribution >= 0.6 is 11.3 Å². The van der Waals surface area contributed by atoms with Crippen LogP contribution in [0.15, 0.2) is 36.4 Å². The standard InChI is InChI=1S/C14H15F3SSi/c1-19(2,3)13-9-8-12(18-13)10-6-4-5-7-11(10)14(15,16)17/h4-9H,1-3H3. The Morgan fingerprint density at radius 1 is 0.947 bits per heavy atom. The van der Waals surface area contributed by atoms with Crippen molar-refractivity contribution in [3.63, 3.8) is 0 Å². The topological polar surface area (TPSA) is 0 Å². The normalized spacial score (nSPS) is 12.7. The summed E-state index contributed by atoms with van der Waals surface area (Å²) >= 11 is 1.48. The van der Waals surface area contributed by atoms with E-state index in [1.165, 1.54) is 21.9 Å². The van der Waals surface area contributed by atoms with Crippen LogP contribution in [0.1, 0.15) is 5.56 Å². The lowest BCUT2D eigenvalue weighted by molar-refractivity contribution is -0.137. The first kappa shape index (κ1) is 14.3. The van der Waals surface area contributed by atoms with Crippen molar-refractivity contribution < 1.29 is 13.2 Å². The van der Waals surface area contributed by atoms with Gasteiger partial charge in [0.2, 0.25) is 0 Å². The van der Waals surface area contributed by atoms with Crippen LogP contribution in [0.2, 0.25) is 19.6 Å². The molecule has 0 saturated carbocycles. The van der Waals surface area contributed by atoms with E-state index in [0.717, 1.165) is 6.07 Å². The van der Waals surface area contributed by atoms with Gasteiger partial charge in [-0.1, -0.05) is 43.9 Å². The van der Waals surface area contributed by atoms with Gasteiger partial charge in [-0.15, -0.1) is 11.3 Å². The highest BCUT2D eigenvalue weighted by molar-refractivity contribution is 7.28. The van der Waals surface area contributed by atoms with Crippen molar-refractivity contribution in [2.75, 3.05) is 0 Å². The van der Waals surface area contributed by atoms with Gasteiger partial charge in [-0.05, 0) is 16.6 Å². The molecule has 1 aromatic carbocycles. The summed E-state index contributed by atoms with van der Waals surface area (Å²) in [5, 5.41) is 0. The minimum Gasteiger partial charge on any atom is -0.166 e. The van der Waals surface area contributed by atoms with Crippen molar-refractivity contribution in [1.29, 1.82) is 0 Å². The van der Waals surface area contributed by atoms with Gasteiger partial charge in [0.05, 0.1) is 13.6 Å². The zero-order valence-electron chi connectivity index (χ0n) is 11.0. The third-order valence-electron chi connectivity index (χ3n) is 2.84. The molecule has 0 spiro atoms. The molecule has 0 amide bonds. The molecule has 0 aliphatic heterocycles. The van der Waals surface area contributed by atoms with Gasteiger partial charge in [0.15, 0.2) is 0 Å². The molecule has 5 heteroatoms. The highest BCUT2D eigenvalue weighted by atomic mass is 32.1. The number of alkyl halides is 3. The molecule has 0 fully saturated rings. The number of benzene rings is 1. The van der Waals surface area contributed by atoms with Gasteiger partial charge in [0, 0.05) is 10.4 Å². The molecule has 0 aliphatic rings. The summed E-state index contributed by atoms with van der Waals surface area (Å²) in [7, 11) is -1.47. The van der Waals surface area contributed by atoms with Crippen LogP contribution in [-0.4, -0.2) is 8.07 Å². The summed E-state index contributed by atoms with van der Waals surface area (Å²) in [5.74, 6) is 0. The quantitative estimate of drug-likeness (QED) is 0.686. The van der Waals surface area contributed by atoms with E-state index >= 15 is 0 Å². The highest BCUT2D eigenvalue weighted by Crippen LogP contribution is 2.38. The van der Waals surface area contributed by atoms with Crippen LogP contribution in [0.4, 0.5) is 13.2 Å². The van der Waals surface area contributed by atoms with E-state index < -0.39 is 19.8 Å². The first-order valence-electron chi connectivity index (χ1n) is 5.96. The van der Waals surface area contributed by atoms with E-state index in [-0.39, 0.29) is 5.56 Å². The van der Waals surface area contributed by atoms with Crippen LogP contribution in [0.5, 0.6) is 0 Å². The highest BCUT2D eigenvalue weighted by Gasteiger charge is 2.33. The number of hydrogen-bond acceptors (Lipinski definition) is 1. The molecule has 0 unspecified atom stereocenters. The van der Waals surface area contributed by atoms with E-state index in [0.29, 0.717) is 4.88 Å². The Hall–Kier alpha value is -1.07. The maximum Gasteiger partial charge on any atom is 0.417 e. The average Bonchev–Trinajstić information content (AvgIpc) is 2.76. The van der Waals surface area contributed by atoms with Crippen molar-refractivity contribution in [2.24, 2.45) is 0 Å². The Kier molecular flexibility index (Phi) is 3.62. The molecular formula is C14H15F3SSi. The van der Waals surface area contributed by atoms with E-state index in [9.17, 15) is 13.2 Å². The van der Waals surface area contributed by atoms with Crippen LogP contribution in [0.25, 0.3) is 10.4 Å². The monoisotopic (exact) mass is 300 g/mol. The average molecular weight is 300 g/mol. The SMILES string of the molecule is C[Si](C)(C)c1ccc(-c2ccccc2C(F)(F)F)s1. The van der Waals surface area contributed by atoms with Gasteiger partial charge in [-0.25, -0.2) is 0 Å². The number of thiophene rings is 1. The smallest absolute Gasteiger partial charge is 0.166 e. The lowest BCUT2D eigenvalue weighted by atomic mass is 10.1. The van der Waals surface area contributed by atoms with Crippen LogP contribution in [0.3, 0.4) is 0 Å². The molecule has 0 saturated heterocycles. The Balaban J connectivity index is 2.52. The number of halogens is 3. The molecule has 0 radical (unpaired) electrons. The number of hydrogen-bond donors (Lipinski definition) is 0. The predicted octanol–water partition coefficient (Wildman–Crippen LogP) is 4.98. The molecule has 0 N–H and O–H groups in total. The minimum atomic E-state index is -4.31. The molecule has 0 atom stereocenters. The Labute approximate surface area is 115 Å². The fraction of sp³-hybridized carbons (Fsp3) is 0.286. The molecule has 0 bridgehead atoms. The molecule has 1 aromatic heterocycles. The van der Waals surface area contributed by atoms with Gasteiger partial charge < -0.3 is 0 Å². The van der Waals surface area contributed by atoms with Crippen molar-refractivity contribution in [2.45, 2.75) is 25.8 Å². The molecule has 0 nitrogen and oxygen atoms in total. The lowest BCUT2D eigenvalue weighted by Crippen LogP contribution is -2.34. The predicted molar refractivity (Wildman–Crippen MR) is 77.7 cm³/mol. The third-order valence-corrected chi connectivity index (χ3v) is 7.56. The summed E-state index contributed by atoms with van der Waals surface area (Å²) in [6.07, 6.45) is -4.31. The summed E-state index contributed by atoms with van der Waals surface area (Å²) in [6.45, 7) is 6.58. The Morgan fingerprint density at radius 2 is 1.58 bits per heavy atom. The first-order valence-corrected chi connectivity index (χ1v) is 10.3. The van der Waals surface area contributed by atoms with Gasteiger partial charge in [0.25, 0.3) is 0 Å². The van der Waals surface area contributed by atoms with Crippen molar-refractivity contribution in [1.82, 2.24) is 0 Å². The van der Waals surface area contributed by atoms with E-state index in [2.05, 4.69) is 19.6 Å². The van der Waals surface area contributed by atoms with Gasteiger partial charge >= 0.3 is 6.18 Å². The lowest BCUT2D eigenvalue weighted by Gasteiger charge is -2.13. The molecule has 0 aliphatic carbocycles. The molecule has 2 rings (SSSR count). The van der Waals surface area contributed by atoms with E-state index in [1.54, 1.807) is 12.1 Å². The summed E-state index contributed by atoms with van der Waals surface area (Å²) in [4.78, 5) is 0.699. The maximum absolute atomic E-state index is 13.0. The fourth-order valence-electron chi connectivity index (χ4n) is 1.83. The van der Waals surface area contributed by atoms with E-state index in [4.69, 9.17) is 0 Å². The van der Waals surface area contributed by atoms with Gasteiger partial charge in [0.1, 0.15) is 0 Å². The second kappa shape index (κ2) is 4.79. The summed E-state index contributed by atoms with van der Waals surface area (Å²) in [6, 6.07) is 9.55. The van der Waals surface area contributed by atoms with Crippen molar-refractivity contribution >= 4 is 23.9 Å². The molecule has 19 heavy (non-hydrogen) atoms. The Morgan fingerprint density at radius 3 is 2.11 bits per heavy atom. The first-order chi connectivity index (χ1) is 8.69. The maximum atomic E-state index is 13.0. The minimum absolute atomic E-state index is 0.282. The second-order valence-electron chi connectivity index (χ2n) is 5.46. The van der Waals surface area contributed by atoms with Crippen molar-refractivity contribution in [3.05, 3.63) is 42.0 Å². The fourth-order valence-corrected chi connectivity index (χ4v) is 4.77. The largest absolute Gasteiger partial charge is 0.417 e. The molecule has 2 aromatic rings. The van der Waals surface area contributed by atoms with Crippen LogP contribution < -0.4 is 4.50 Å². The van der Waals surface area contributed by atoms with Crippen LogP contribution in [-0.2, 0) is 6.18 Å². The number of rotatable bonds is 2. The molecular weight excluding hydrogens is 285 g/mol. The zero-order chi connectivity index (χ0) is 14.3. The molecule has 102 valence electrons. The van der Waals surface area contributed by atoms with Crippen molar-refractivity contribution in [3.8, 4) is 10.4 Å². The van der Waals surface area contributed by atoms with Gasteiger partial charge in [-0.3, -0.25) is 0 Å². The zero-order valence-corrected chi connectivity index (χ0v) is 12.8. The van der Waals surface area contributed by atoms with Gasteiger partial charge in [-0.2, -0.15) is 13.2 Å². The molecule has 1 heterocycles. The Bertz CT molecular complexity index is 579.